The van der Waals surface area contributed by atoms with Gasteiger partial charge >= 0.3 is 5.97 Å². The average molecular weight is 297 g/mol. The number of hydrogen-bond donors (Lipinski definition) is 0. The minimum absolute atomic E-state index is 0.326. The Kier molecular flexibility index (Phi) is 3.27. The van der Waals surface area contributed by atoms with Gasteiger partial charge in [-0.25, -0.2) is 24.7 Å². The maximum Gasteiger partial charge on any atom is 0.341 e. The van der Waals surface area contributed by atoms with Crippen molar-refractivity contribution in [3.8, 4) is 0 Å². The third kappa shape index (κ3) is 2.23. The molecule has 0 atom stereocenters. The molecular weight excluding hydrogens is 282 g/mol. The van der Waals surface area contributed by atoms with Crippen LogP contribution in [0.3, 0.4) is 0 Å². The van der Waals surface area contributed by atoms with Gasteiger partial charge in [0.1, 0.15) is 19.4 Å². The number of nitrogens with zero attached hydrogens (tertiary/aromatic N) is 5. The number of rotatable bonds is 3. The van der Waals surface area contributed by atoms with Crippen LogP contribution in [-0.2, 0) is 9.53 Å². The number of carbonyl (C=O) groups excluding carboxylic acids is 1. The molecule has 0 radical (unpaired) electrons. The molecule has 0 saturated carbocycles. The van der Waals surface area contributed by atoms with E-state index in [2.05, 4.69) is 24.8 Å². The quantitative estimate of drug-likeness (QED) is 0.789. The van der Waals surface area contributed by atoms with Crippen LogP contribution < -0.4 is 0 Å². The summed E-state index contributed by atoms with van der Waals surface area (Å²) in [5, 5.41) is 0.718. The summed E-state index contributed by atoms with van der Waals surface area (Å²) in [6, 6.07) is 0. The standard InChI is InChI=1S/C15H15N5O2/c21-15(22-9-20-4-2-1-3-5-20)10-6-11-12-13(10)17-8-19-14(12)18-7-16-11/h6-8H,1-5,9H2. The highest BCUT2D eigenvalue weighted by Crippen LogP contribution is 2.32. The Hall–Kier alpha value is -2.41. The van der Waals surface area contributed by atoms with Crippen molar-refractivity contribution >= 4 is 28.7 Å². The number of esters is 1. The second-order valence-corrected chi connectivity index (χ2v) is 5.48. The summed E-state index contributed by atoms with van der Waals surface area (Å²) in [7, 11) is 0. The van der Waals surface area contributed by atoms with Crippen LogP contribution in [0.15, 0.2) is 12.7 Å². The molecule has 1 saturated heterocycles. The topological polar surface area (TPSA) is 81.1 Å². The number of hydrogen-bond acceptors (Lipinski definition) is 7. The van der Waals surface area contributed by atoms with Gasteiger partial charge in [-0.05, 0) is 18.9 Å². The minimum Gasteiger partial charge on any atom is -0.446 e. The van der Waals surface area contributed by atoms with Gasteiger partial charge in [-0.3, -0.25) is 4.90 Å². The molecule has 4 rings (SSSR count). The molecule has 0 unspecified atom stereocenters. The van der Waals surface area contributed by atoms with Gasteiger partial charge in [-0.15, -0.1) is 0 Å². The van der Waals surface area contributed by atoms with Gasteiger partial charge in [0.05, 0.1) is 22.3 Å². The smallest absolute Gasteiger partial charge is 0.341 e. The van der Waals surface area contributed by atoms with Crippen LogP contribution >= 0.6 is 0 Å². The first-order valence-corrected chi connectivity index (χ1v) is 7.40. The molecule has 22 heavy (non-hydrogen) atoms. The van der Waals surface area contributed by atoms with Gasteiger partial charge in [0.2, 0.25) is 0 Å². The van der Waals surface area contributed by atoms with Gasteiger partial charge in [-0.1, -0.05) is 6.42 Å². The van der Waals surface area contributed by atoms with Gasteiger partial charge in [0, 0.05) is 13.1 Å². The van der Waals surface area contributed by atoms with Gasteiger partial charge in [0.25, 0.3) is 0 Å². The van der Waals surface area contributed by atoms with Gasteiger partial charge in [-0.2, -0.15) is 0 Å². The minimum atomic E-state index is -0.372. The number of aromatic nitrogens is 4. The van der Waals surface area contributed by atoms with E-state index in [9.17, 15) is 4.79 Å². The number of piperidine rings is 1. The van der Waals surface area contributed by atoms with Crippen molar-refractivity contribution in [2.75, 3.05) is 19.8 Å². The molecule has 1 aliphatic carbocycles. The summed E-state index contributed by atoms with van der Waals surface area (Å²) in [4.78, 5) is 31.1. The van der Waals surface area contributed by atoms with Crippen molar-refractivity contribution in [3.05, 3.63) is 24.0 Å². The molecule has 0 spiro atoms. The molecule has 112 valence electrons. The zero-order valence-corrected chi connectivity index (χ0v) is 12.0. The van der Waals surface area contributed by atoms with E-state index in [0.29, 0.717) is 29.3 Å². The van der Waals surface area contributed by atoms with E-state index in [0.717, 1.165) is 31.3 Å². The molecule has 7 nitrogen and oxygen atoms in total. The van der Waals surface area contributed by atoms with Crippen molar-refractivity contribution in [1.82, 2.24) is 24.8 Å². The van der Waals surface area contributed by atoms with Crippen molar-refractivity contribution in [3.63, 3.8) is 0 Å². The molecule has 2 aromatic heterocycles. The molecule has 3 heterocycles. The van der Waals surface area contributed by atoms with E-state index in [4.69, 9.17) is 4.74 Å². The maximum atomic E-state index is 12.4. The first kappa shape index (κ1) is 13.3. The zero-order chi connectivity index (χ0) is 14.9. The van der Waals surface area contributed by atoms with Crippen LogP contribution in [-0.4, -0.2) is 50.6 Å². The molecule has 0 N–H and O–H groups in total. The Morgan fingerprint density at radius 3 is 2.68 bits per heavy atom. The summed E-state index contributed by atoms with van der Waals surface area (Å²) in [6.45, 7) is 2.29. The van der Waals surface area contributed by atoms with E-state index in [1.165, 1.54) is 19.1 Å². The van der Waals surface area contributed by atoms with E-state index in [1.807, 2.05) is 0 Å². The Morgan fingerprint density at radius 1 is 1.09 bits per heavy atom. The van der Waals surface area contributed by atoms with Crippen LogP contribution in [0, 0.1) is 0 Å². The molecule has 0 bridgehead atoms. The fourth-order valence-electron chi connectivity index (χ4n) is 2.91. The Labute approximate surface area is 127 Å². The highest BCUT2D eigenvalue weighted by molar-refractivity contribution is 6.27. The molecule has 7 heteroatoms. The van der Waals surface area contributed by atoms with E-state index >= 15 is 0 Å². The first-order valence-electron chi connectivity index (χ1n) is 7.40. The fourth-order valence-corrected chi connectivity index (χ4v) is 2.91. The SMILES string of the molecule is O=C(OCN1CCCCC1)C1=Cc2ncnc3ncnc1c23. The Balaban J connectivity index is 1.54. The predicted molar refractivity (Wildman–Crippen MR) is 79.4 cm³/mol. The first-order chi connectivity index (χ1) is 10.8. The molecular formula is C15H15N5O2. The van der Waals surface area contributed by atoms with Crippen LogP contribution in [0.5, 0.6) is 0 Å². The zero-order valence-electron chi connectivity index (χ0n) is 12.0. The van der Waals surface area contributed by atoms with E-state index in [-0.39, 0.29) is 5.97 Å². The summed E-state index contributed by atoms with van der Waals surface area (Å²) in [5.41, 5.74) is 2.21. The highest BCUT2D eigenvalue weighted by atomic mass is 16.5. The number of ether oxygens (including phenoxy) is 1. The fraction of sp³-hybridized carbons (Fsp3) is 0.400. The second-order valence-electron chi connectivity index (χ2n) is 5.48. The third-order valence-corrected chi connectivity index (χ3v) is 4.04. The lowest BCUT2D eigenvalue weighted by Gasteiger charge is -2.25. The molecule has 1 fully saturated rings. The molecule has 0 amide bonds. The summed E-state index contributed by atoms with van der Waals surface area (Å²) >= 11 is 0. The van der Waals surface area contributed by atoms with Crippen LogP contribution in [0.25, 0.3) is 22.7 Å². The Bertz CT molecular complexity index is 762. The summed E-state index contributed by atoms with van der Waals surface area (Å²) < 4.78 is 5.44. The predicted octanol–water partition coefficient (Wildman–Crippen LogP) is 1.26. The normalized spacial score (nSPS) is 17.5. The molecule has 2 aliphatic rings. The van der Waals surface area contributed by atoms with Crippen molar-refractivity contribution in [1.29, 1.82) is 0 Å². The van der Waals surface area contributed by atoms with E-state index < -0.39 is 0 Å². The highest BCUT2D eigenvalue weighted by Gasteiger charge is 2.26. The lowest BCUT2D eigenvalue weighted by atomic mass is 10.1. The summed E-state index contributed by atoms with van der Waals surface area (Å²) in [6.07, 6.45) is 8.12. The lowest BCUT2D eigenvalue weighted by Crippen LogP contribution is -2.33. The molecule has 2 aromatic rings. The average Bonchev–Trinajstić information content (AvgIpc) is 2.95. The van der Waals surface area contributed by atoms with Crippen LogP contribution in [0.4, 0.5) is 0 Å². The van der Waals surface area contributed by atoms with Gasteiger partial charge in [0.15, 0.2) is 5.65 Å². The third-order valence-electron chi connectivity index (χ3n) is 4.04. The monoisotopic (exact) mass is 297 g/mol. The largest absolute Gasteiger partial charge is 0.446 e. The van der Waals surface area contributed by atoms with Crippen molar-refractivity contribution in [2.24, 2.45) is 0 Å². The molecule has 1 aliphatic heterocycles. The summed E-state index contributed by atoms with van der Waals surface area (Å²) in [5.74, 6) is -0.372. The number of carbonyl (C=O) groups is 1. The van der Waals surface area contributed by atoms with Crippen LogP contribution in [0.2, 0.25) is 0 Å². The van der Waals surface area contributed by atoms with Crippen molar-refractivity contribution in [2.45, 2.75) is 19.3 Å². The maximum absolute atomic E-state index is 12.4. The second kappa shape index (κ2) is 5.42. The Morgan fingerprint density at radius 2 is 1.86 bits per heavy atom. The van der Waals surface area contributed by atoms with Crippen molar-refractivity contribution < 1.29 is 9.53 Å². The van der Waals surface area contributed by atoms with Crippen LogP contribution in [0.1, 0.15) is 30.7 Å². The lowest BCUT2D eigenvalue weighted by molar-refractivity contribution is -0.141. The van der Waals surface area contributed by atoms with Gasteiger partial charge < -0.3 is 4.74 Å². The molecule has 0 aromatic carbocycles. The number of likely N-dealkylation sites (tertiary alicyclic amines) is 1. The van der Waals surface area contributed by atoms with E-state index in [1.54, 1.807) is 6.08 Å².